The number of rotatable bonds is 9. The molecule has 0 spiro atoms. The van der Waals surface area contributed by atoms with Gasteiger partial charge in [0.25, 0.3) is 0 Å². The quantitative estimate of drug-likeness (QED) is 0.682. The molecule has 1 rings (SSSR count). The maximum atomic E-state index is 13.6. The summed E-state index contributed by atoms with van der Waals surface area (Å²) in [5, 5.41) is 3.15. The van der Waals surface area contributed by atoms with Crippen LogP contribution in [0.1, 0.15) is 5.56 Å². The summed E-state index contributed by atoms with van der Waals surface area (Å²) in [7, 11) is 3.22. The van der Waals surface area contributed by atoms with E-state index in [9.17, 15) is 4.39 Å². The molecule has 5 heteroatoms. The third-order valence-corrected chi connectivity index (χ3v) is 2.35. The van der Waals surface area contributed by atoms with Crippen LogP contribution in [-0.4, -0.2) is 40.6 Å². The van der Waals surface area contributed by atoms with E-state index in [0.29, 0.717) is 26.4 Å². The first-order chi connectivity index (χ1) is 8.77. The largest absolute Gasteiger partial charge is 0.488 e. The first-order valence-corrected chi connectivity index (χ1v) is 5.87. The van der Waals surface area contributed by atoms with E-state index in [1.54, 1.807) is 20.3 Å². The average molecular weight is 257 g/mol. The first kappa shape index (κ1) is 14.9. The van der Waals surface area contributed by atoms with Crippen LogP contribution in [0.25, 0.3) is 0 Å². The lowest BCUT2D eigenvalue weighted by molar-refractivity contribution is 0.144. The molecular weight excluding hydrogens is 237 g/mol. The highest BCUT2D eigenvalue weighted by Gasteiger charge is 2.04. The highest BCUT2D eigenvalue weighted by molar-refractivity contribution is 5.29. The highest BCUT2D eigenvalue weighted by atomic mass is 19.1. The topological polar surface area (TPSA) is 39.7 Å². The number of halogens is 1. The van der Waals surface area contributed by atoms with E-state index in [4.69, 9.17) is 14.2 Å². The normalized spacial score (nSPS) is 10.6. The van der Waals surface area contributed by atoms with Gasteiger partial charge in [-0.3, -0.25) is 0 Å². The molecule has 0 fully saturated rings. The molecule has 0 radical (unpaired) electrons. The number of hydrogen-bond acceptors (Lipinski definition) is 4. The molecule has 0 unspecified atom stereocenters. The smallest absolute Gasteiger partial charge is 0.165 e. The summed E-state index contributed by atoms with van der Waals surface area (Å²) in [6.07, 6.45) is 0. The van der Waals surface area contributed by atoms with Gasteiger partial charge in [0.05, 0.1) is 13.2 Å². The second-order valence-corrected chi connectivity index (χ2v) is 3.78. The Morgan fingerprint density at radius 3 is 2.56 bits per heavy atom. The van der Waals surface area contributed by atoms with E-state index < -0.39 is 0 Å². The lowest BCUT2D eigenvalue weighted by atomic mass is 10.2. The molecule has 0 bridgehead atoms. The fourth-order valence-electron chi connectivity index (χ4n) is 1.41. The molecule has 0 aliphatic heterocycles. The van der Waals surface area contributed by atoms with Gasteiger partial charge < -0.3 is 19.5 Å². The molecule has 0 amide bonds. The van der Waals surface area contributed by atoms with Crippen molar-refractivity contribution in [3.05, 3.63) is 29.6 Å². The Bertz CT molecular complexity index is 347. The fraction of sp³-hybridized carbons (Fsp3) is 0.538. The van der Waals surface area contributed by atoms with Crippen LogP contribution < -0.4 is 10.1 Å². The Hall–Kier alpha value is -1.17. The van der Waals surface area contributed by atoms with Crippen LogP contribution in [-0.2, 0) is 16.0 Å². The minimum atomic E-state index is -0.350. The van der Waals surface area contributed by atoms with Gasteiger partial charge in [-0.25, -0.2) is 4.39 Å². The summed E-state index contributed by atoms with van der Waals surface area (Å²) in [6.45, 7) is 2.78. The highest BCUT2D eigenvalue weighted by Crippen LogP contribution is 2.18. The van der Waals surface area contributed by atoms with Crippen molar-refractivity contribution in [1.82, 2.24) is 5.32 Å². The molecule has 0 aliphatic rings. The molecule has 0 aromatic heterocycles. The van der Waals surface area contributed by atoms with Crippen molar-refractivity contribution in [2.45, 2.75) is 6.54 Å². The second kappa shape index (κ2) is 8.85. The van der Waals surface area contributed by atoms with Crippen LogP contribution in [0, 0.1) is 5.82 Å². The standard InChI is InChI=1S/C13H20FNO3/c1-16-6-5-15-10-11-3-4-13(12(14)9-11)18-8-7-17-2/h3-4,9,15H,5-8,10H2,1-2H3. The number of benzene rings is 1. The van der Waals surface area contributed by atoms with Crippen LogP contribution in [0.3, 0.4) is 0 Å². The van der Waals surface area contributed by atoms with Crippen molar-refractivity contribution >= 4 is 0 Å². The van der Waals surface area contributed by atoms with Crippen LogP contribution in [0.2, 0.25) is 0 Å². The van der Waals surface area contributed by atoms with Gasteiger partial charge in [-0.2, -0.15) is 0 Å². The van der Waals surface area contributed by atoms with Crippen LogP contribution in [0.4, 0.5) is 4.39 Å². The molecule has 0 heterocycles. The van der Waals surface area contributed by atoms with E-state index in [1.807, 2.05) is 6.07 Å². The minimum absolute atomic E-state index is 0.257. The van der Waals surface area contributed by atoms with Gasteiger partial charge in [0.1, 0.15) is 6.61 Å². The summed E-state index contributed by atoms with van der Waals surface area (Å²) in [6, 6.07) is 4.95. The maximum Gasteiger partial charge on any atom is 0.165 e. The zero-order valence-corrected chi connectivity index (χ0v) is 10.9. The van der Waals surface area contributed by atoms with Crippen LogP contribution in [0.5, 0.6) is 5.75 Å². The van der Waals surface area contributed by atoms with Crippen LogP contribution >= 0.6 is 0 Å². The minimum Gasteiger partial charge on any atom is -0.488 e. The van der Waals surface area contributed by atoms with E-state index >= 15 is 0 Å². The van der Waals surface area contributed by atoms with Gasteiger partial charge in [0.15, 0.2) is 11.6 Å². The second-order valence-electron chi connectivity index (χ2n) is 3.78. The van der Waals surface area contributed by atoms with Crippen molar-refractivity contribution in [3.63, 3.8) is 0 Å². The Balaban J connectivity index is 2.41. The lowest BCUT2D eigenvalue weighted by Crippen LogP contribution is -2.18. The molecule has 0 atom stereocenters. The Morgan fingerprint density at radius 1 is 1.11 bits per heavy atom. The molecule has 1 N–H and O–H groups in total. The SMILES string of the molecule is COCCNCc1ccc(OCCOC)c(F)c1. The molecule has 18 heavy (non-hydrogen) atoms. The van der Waals surface area contributed by atoms with E-state index in [2.05, 4.69) is 5.32 Å². The third kappa shape index (κ3) is 5.44. The monoisotopic (exact) mass is 257 g/mol. The summed E-state index contributed by atoms with van der Waals surface area (Å²) in [5.41, 5.74) is 0.877. The van der Waals surface area contributed by atoms with E-state index in [-0.39, 0.29) is 11.6 Å². The van der Waals surface area contributed by atoms with Gasteiger partial charge in [-0.15, -0.1) is 0 Å². The summed E-state index contributed by atoms with van der Waals surface area (Å²) in [5.74, 6) is -0.0927. The molecule has 102 valence electrons. The number of methoxy groups -OCH3 is 2. The van der Waals surface area contributed by atoms with Crippen molar-refractivity contribution in [2.24, 2.45) is 0 Å². The predicted octanol–water partition coefficient (Wildman–Crippen LogP) is 1.59. The van der Waals surface area contributed by atoms with E-state index in [1.165, 1.54) is 6.07 Å². The molecule has 0 saturated carbocycles. The summed E-state index contributed by atoms with van der Waals surface area (Å²) in [4.78, 5) is 0. The number of nitrogens with one attached hydrogen (secondary N) is 1. The molecular formula is C13H20FNO3. The van der Waals surface area contributed by atoms with Crippen molar-refractivity contribution in [1.29, 1.82) is 0 Å². The van der Waals surface area contributed by atoms with Gasteiger partial charge in [0, 0.05) is 27.3 Å². The van der Waals surface area contributed by atoms with Crippen LogP contribution in [0.15, 0.2) is 18.2 Å². The van der Waals surface area contributed by atoms with Gasteiger partial charge >= 0.3 is 0 Å². The fourth-order valence-corrected chi connectivity index (χ4v) is 1.41. The maximum absolute atomic E-state index is 13.6. The van der Waals surface area contributed by atoms with E-state index in [0.717, 1.165) is 12.1 Å². The Kier molecular flexibility index (Phi) is 7.32. The zero-order chi connectivity index (χ0) is 13.2. The van der Waals surface area contributed by atoms with Crippen molar-refractivity contribution < 1.29 is 18.6 Å². The molecule has 0 aliphatic carbocycles. The Labute approximate surface area is 107 Å². The Morgan fingerprint density at radius 2 is 1.89 bits per heavy atom. The number of hydrogen-bond donors (Lipinski definition) is 1. The van der Waals surface area contributed by atoms with Gasteiger partial charge in [0.2, 0.25) is 0 Å². The van der Waals surface area contributed by atoms with Gasteiger partial charge in [-0.05, 0) is 17.7 Å². The summed E-state index contributed by atoms with van der Waals surface area (Å²) >= 11 is 0. The molecule has 1 aromatic rings. The molecule has 0 saturated heterocycles. The van der Waals surface area contributed by atoms with Gasteiger partial charge in [-0.1, -0.05) is 6.07 Å². The van der Waals surface area contributed by atoms with Crippen molar-refractivity contribution in [2.75, 3.05) is 40.6 Å². The first-order valence-electron chi connectivity index (χ1n) is 5.87. The average Bonchev–Trinajstić information content (AvgIpc) is 2.37. The lowest BCUT2D eigenvalue weighted by Gasteiger charge is -2.09. The zero-order valence-electron chi connectivity index (χ0n) is 10.9. The predicted molar refractivity (Wildman–Crippen MR) is 67.4 cm³/mol. The summed E-state index contributed by atoms with van der Waals surface area (Å²) < 4.78 is 28.6. The number of ether oxygens (including phenoxy) is 3. The third-order valence-electron chi connectivity index (χ3n) is 2.35. The molecule has 1 aromatic carbocycles. The molecule has 4 nitrogen and oxygen atoms in total. The van der Waals surface area contributed by atoms with Crippen molar-refractivity contribution in [3.8, 4) is 5.75 Å².